The second-order valence-corrected chi connectivity index (χ2v) is 7.99. The number of benzene rings is 1. The van der Waals surface area contributed by atoms with Crippen molar-refractivity contribution in [3.63, 3.8) is 0 Å². The summed E-state index contributed by atoms with van der Waals surface area (Å²) in [6.45, 7) is 8.64. The zero-order chi connectivity index (χ0) is 22.1. The Morgan fingerprint density at radius 3 is 2.24 bits per heavy atom. The number of unbranched alkanes of at least 4 members (excludes halogenated alkanes) is 1. The van der Waals surface area contributed by atoms with Gasteiger partial charge in [0.1, 0.15) is 17.0 Å². The number of ether oxygens (including phenoxy) is 2. The van der Waals surface area contributed by atoms with E-state index in [2.05, 4.69) is 10.2 Å². The van der Waals surface area contributed by atoms with E-state index in [-0.39, 0.29) is 18.9 Å². The maximum atomic E-state index is 12.4. The van der Waals surface area contributed by atoms with Crippen LogP contribution in [0.4, 0.5) is 5.69 Å². The van der Waals surface area contributed by atoms with Gasteiger partial charge in [-0.25, -0.2) is 0 Å². The number of nitrogens with zero attached hydrogens (tertiary/aromatic N) is 1. The predicted octanol–water partition coefficient (Wildman–Crippen LogP) is 3.89. The molecule has 0 fully saturated rings. The molecule has 0 saturated heterocycles. The van der Waals surface area contributed by atoms with Gasteiger partial charge in [-0.15, -0.1) is 10.1 Å². The Kier molecular flexibility index (Phi) is 8.87. The van der Waals surface area contributed by atoms with E-state index >= 15 is 0 Å². The highest BCUT2D eigenvalue weighted by atomic mass is 16.9. The summed E-state index contributed by atoms with van der Waals surface area (Å²) in [6, 6.07) is 6.87. The Labute approximate surface area is 170 Å². The molecule has 0 saturated carbocycles. The molecule has 1 amide bonds. The summed E-state index contributed by atoms with van der Waals surface area (Å²) in [6.07, 6.45) is 1.75. The van der Waals surface area contributed by atoms with E-state index in [4.69, 9.17) is 9.47 Å². The lowest BCUT2D eigenvalue weighted by atomic mass is 10.0. The average molecular weight is 410 g/mol. The smallest absolute Gasteiger partial charge is 0.310 e. The molecule has 9 heteroatoms. The van der Waals surface area contributed by atoms with Crippen LogP contribution in [0.1, 0.15) is 60.3 Å². The molecule has 0 aromatic heterocycles. The fraction of sp³-hybridized carbons (Fsp3) is 0.600. The molecule has 29 heavy (non-hydrogen) atoms. The monoisotopic (exact) mass is 410 g/mol. The number of esters is 1. The molecule has 1 N–H and O–H groups in total. The molecule has 0 aliphatic heterocycles. The third-order valence-corrected chi connectivity index (χ3v) is 3.90. The van der Waals surface area contributed by atoms with Crippen LogP contribution in [0.15, 0.2) is 24.3 Å². The number of anilines is 1. The van der Waals surface area contributed by atoms with Crippen molar-refractivity contribution in [2.75, 3.05) is 11.9 Å². The topological polar surface area (TPSA) is 117 Å². The van der Waals surface area contributed by atoms with Crippen LogP contribution in [0.5, 0.6) is 5.75 Å². The third kappa shape index (κ3) is 10.9. The first kappa shape index (κ1) is 24.2. The summed E-state index contributed by atoms with van der Waals surface area (Å²) in [4.78, 5) is 37.8. The van der Waals surface area contributed by atoms with Crippen molar-refractivity contribution in [3.05, 3.63) is 34.4 Å². The zero-order valence-corrected chi connectivity index (χ0v) is 17.6. The SMILES string of the molecule is CC(=O)Nc1ccc(OC(C)(C)CC(=O)OC(C)(C)CCCCO[N+](=O)[O-])cc1. The molecule has 0 spiro atoms. The van der Waals surface area contributed by atoms with E-state index in [0.717, 1.165) is 0 Å². The van der Waals surface area contributed by atoms with Gasteiger partial charge in [0.25, 0.3) is 5.09 Å². The second kappa shape index (κ2) is 10.6. The normalized spacial score (nSPS) is 11.5. The number of hydrogen-bond acceptors (Lipinski definition) is 7. The van der Waals surface area contributed by atoms with E-state index < -0.39 is 22.3 Å². The maximum absolute atomic E-state index is 12.4. The van der Waals surface area contributed by atoms with E-state index in [9.17, 15) is 19.7 Å². The van der Waals surface area contributed by atoms with E-state index in [1.54, 1.807) is 52.0 Å². The number of nitrogens with one attached hydrogen (secondary N) is 1. The van der Waals surface area contributed by atoms with Crippen LogP contribution < -0.4 is 10.1 Å². The fourth-order valence-corrected chi connectivity index (χ4v) is 2.70. The largest absolute Gasteiger partial charge is 0.487 e. The minimum absolute atomic E-state index is 0.0264. The Bertz CT molecular complexity index is 699. The van der Waals surface area contributed by atoms with E-state index in [1.165, 1.54) is 6.92 Å². The molecule has 1 aromatic carbocycles. The Balaban J connectivity index is 2.47. The molecular weight excluding hydrogens is 380 g/mol. The third-order valence-electron chi connectivity index (χ3n) is 3.90. The van der Waals surface area contributed by atoms with Crippen LogP contribution in [0.2, 0.25) is 0 Å². The summed E-state index contributed by atoms with van der Waals surface area (Å²) < 4.78 is 11.4. The van der Waals surface area contributed by atoms with Gasteiger partial charge in [0.2, 0.25) is 5.91 Å². The van der Waals surface area contributed by atoms with Gasteiger partial charge in [0, 0.05) is 12.6 Å². The molecule has 162 valence electrons. The van der Waals surface area contributed by atoms with Crippen LogP contribution in [-0.4, -0.2) is 34.8 Å². The number of carbonyl (C=O) groups is 2. The van der Waals surface area contributed by atoms with Gasteiger partial charge in [0.15, 0.2) is 0 Å². The minimum atomic E-state index is -0.819. The summed E-state index contributed by atoms with van der Waals surface area (Å²) in [5.41, 5.74) is -0.822. The first-order valence-corrected chi connectivity index (χ1v) is 9.44. The summed E-state index contributed by atoms with van der Waals surface area (Å²) in [7, 11) is 0. The van der Waals surface area contributed by atoms with Gasteiger partial charge >= 0.3 is 5.97 Å². The molecule has 0 aliphatic carbocycles. The first-order chi connectivity index (χ1) is 13.4. The van der Waals surface area contributed by atoms with Crippen LogP contribution in [-0.2, 0) is 19.2 Å². The predicted molar refractivity (Wildman–Crippen MR) is 107 cm³/mol. The van der Waals surface area contributed by atoms with Crippen LogP contribution in [0, 0.1) is 10.1 Å². The quantitative estimate of drug-likeness (QED) is 0.240. The van der Waals surface area contributed by atoms with Crippen molar-refractivity contribution >= 4 is 17.6 Å². The molecule has 0 heterocycles. The van der Waals surface area contributed by atoms with Gasteiger partial charge in [0.05, 0.1) is 13.0 Å². The van der Waals surface area contributed by atoms with Crippen LogP contribution in [0.25, 0.3) is 0 Å². The lowest BCUT2D eigenvalue weighted by Crippen LogP contribution is -2.36. The standard InChI is InChI=1S/C20H30N2O7/c1-15(23)21-16-8-10-17(11-9-16)28-20(4,5)14-18(24)29-19(2,3)12-6-7-13-27-22(25)26/h8-11H,6-7,12-14H2,1-5H3,(H,21,23). The molecule has 1 aromatic rings. The van der Waals surface area contributed by atoms with Gasteiger partial charge < -0.3 is 19.6 Å². The second-order valence-electron chi connectivity index (χ2n) is 7.99. The summed E-state index contributed by atoms with van der Waals surface area (Å²) in [5, 5.41) is 12.0. The van der Waals surface area contributed by atoms with Gasteiger partial charge in [-0.2, -0.15) is 0 Å². The van der Waals surface area contributed by atoms with Crippen molar-refractivity contribution in [2.24, 2.45) is 0 Å². The van der Waals surface area contributed by atoms with Crippen molar-refractivity contribution in [2.45, 2.75) is 71.5 Å². The number of amides is 1. The molecule has 9 nitrogen and oxygen atoms in total. The zero-order valence-electron chi connectivity index (χ0n) is 17.6. The minimum Gasteiger partial charge on any atom is -0.487 e. The average Bonchev–Trinajstić information content (AvgIpc) is 2.53. The Morgan fingerprint density at radius 2 is 1.69 bits per heavy atom. The van der Waals surface area contributed by atoms with Crippen LogP contribution in [0.3, 0.4) is 0 Å². The van der Waals surface area contributed by atoms with Crippen molar-refractivity contribution in [1.29, 1.82) is 0 Å². The number of rotatable bonds is 12. The lowest BCUT2D eigenvalue weighted by molar-refractivity contribution is -0.757. The van der Waals surface area contributed by atoms with E-state index in [0.29, 0.717) is 30.7 Å². The molecule has 0 aliphatic rings. The lowest BCUT2D eigenvalue weighted by Gasteiger charge is -2.29. The molecular formula is C20H30N2O7. The van der Waals surface area contributed by atoms with Crippen molar-refractivity contribution < 1.29 is 29.0 Å². The Morgan fingerprint density at radius 1 is 1.07 bits per heavy atom. The maximum Gasteiger partial charge on any atom is 0.310 e. The fourth-order valence-electron chi connectivity index (χ4n) is 2.70. The van der Waals surface area contributed by atoms with Crippen molar-refractivity contribution in [3.8, 4) is 5.75 Å². The van der Waals surface area contributed by atoms with Crippen molar-refractivity contribution in [1.82, 2.24) is 0 Å². The number of hydrogen-bond donors (Lipinski definition) is 1. The molecule has 1 rings (SSSR count). The van der Waals surface area contributed by atoms with Gasteiger partial charge in [-0.05, 0) is 71.2 Å². The molecule has 0 radical (unpaired) electrons. The highest BCUT2D eigenvalue weighted by Gasteiger charge is 2.29. The highest BCUT2D eigenvalue weighted by molar-refractivity contribution is 5.88. The molecule has 0 atom stereocenters. The van der Waals surface area contributed by atoms with Gasteiger partial charge in [-0.1, -0.05) is 0 Å². The van der Waals surface area contributed by atoms with E-state index in [1.807, 2.05) is 0 Å². The first-order valence-electron chi connectivity index (χ1n) is 9.44. The summed E-state index contributed by atoms with van der Waals surface area (Å²) in [5.74, 6) is 0.0213. The molecule has 0 unspecified atom stereocenters. The molecule has 0 bridgehead atoms. The van der Waals surface area contributed by atoms with Crippen LogP contribution >= 0.6 is 0 Å². The van der Waals surface area contributed by atoms with Gasteiger partial charge in [-0.3, -0.25) is 9.59 Å². The summed E-state index contributed by atoms with van der Waals surface area (Å²) >= 11 is 0. The Hall–Kier alpha value is -2.84. The number of carbonyl (C=O) groups excluding carboxylic acids is 2. The highest BCUT2D eigenvalue weighted by Crippen LogP contribution is 2.25.